The third-order valence-electron chi connectivity index (χ3n) is 5.23. The zero-order valence-corrected chi connectivity index (χ0v) is 16.3. The van der Waals surface area contributed by atoms with Crippen molar-refractivity contribution >= 4 is 22.7 Å². The quantitative estimate of drug-likeness (QED) is 0.700. The first-order chi connectivity index (χ1) is 14.5. The molecule has 0 aliphatic carbocycles. The molecule has 30 heavy (non-hydrogen) atoms. The average molecular weight is 408 g/mol. The molecule has 8 heteroatoms. The number of hydrogen-bond donors (Lipinski definition) is 1. The molecule has 1 aromatic carbocycles. The highest BCUT2D eigenvalue weighted by Crippen LogP contribution is 2.30. The first-order valence-corrected chi connectivity index (χ1v) is 9.72. The summed E-state index contributed by atoms with van der Waals surface area (Å²) in [6.45, 7) is 0.928. The number of piperidine rings is 1. The van der Waals surface area contributed by atoms with Crippen LogP contribution in [0.15, 0.2) is 48.8 Å². The number of aromatic nitrogens is 2. The largest absolute Gasteiger partial charge is 0.482 e. The first kappa shape index (κ1) is 19.8. The zero-order valence-electron chi connectivity index (χ0n) is 16.3. The Morgan fingerprint density at radius 1 is 1.27 bits per heavy atom. The number of rotatable bonds is 5. The number of nitrogens with zero attached hydrogens (tertiary/aromatic N) is 3. The number of halogens is 1. The summed E-state index contributed by atoms with van der Waals surface area (Å²) >= 11 is 0. The van der Waals surface area contributed by atoms with E-state index in [2.05, 4.69) is 9.97 Å². The van der Waals surface area contributed by atoms with Gasteiger partial charge in [-0.25, -0.2) is 4.39 Å². The number of primary amides is 1. The highest BCUT2D eigenvalue weighted by atomic mass is 19.1. The molecular weight excluding hydrogens is 387 g/mol. The van der Waals surface area contributed by atoms with Gasteiger partial charge in [-0.2, -0.15) is 0 Å². The molecule has 1 atom stereocenters. The number of fused-ring (bicyclic) bond motifs is 1. The summed E-state index contributed by atoms with van der Waals surface area (Å²) in [5.74, 6) is -0.786. The van der Waals surface area contributed by atoms with E-state index < -0.39 is 11.7 Å². The van der Waals surface area contributed by atoms with E-state index in [1.165, 1.54) is 12.1 Å². The Bertz CT molecular complexity index is 1090. The molecule has 1 fully saturated rings. The fourth-order valence-electron chi connectivity index (χ4n) is 3.77. The number of likely N-dealkylation sites (tertiary alicyclic amines) is 1. The number of benzene rings is 1. The lowest BCUT2D eigenvalue weighted by atomic mass is 9.90. The van der Waals surface area contributed by atoms with E-state index in [0.717, 1.165) is 12.8 Å². The van der Waals surface area contributed by atoms with Crippen LogP contribution in [0.3, 0.4) is 0 Å². The predicted octanol–water partition coefficient (Wildman–Crippen LogP) is 2.65. The fraction of sp³-hybridized carbons (Fsp3) is 0.273. The van der Waals surface area contributed by atoms with E-state index in [1.807, 2.05) is 0 Å². The van der Waals surface area contributed by atoms with E-state index in [1.54, 1.807) is 41.6 Å². The molecule has 4 rings (SSSR count). The Morgan fingerprint density at radius 3 is 2.90 bits per heavy atom. The Hall–Kier alpha value is -3.55. The maximum Gasteiger partial charge on any atom is 0.260 e. The van der Waals surface area contributed by atoms with E-state index in [-0.39, 0.29) is 24.0 Å². The predicted molar refractivity (Wildman–Crippen MR) is 109 cm³/mol. The molecule has 1 saturated heterocycles. The van der Waals surface area contributed by atoms with E-state index in [0.29, 0.717) is 35.4 Å². The molecule has 1 aliphatic rings. The Labute approximate surface area is 172 Å². The van der Waals surface area contributed by atoms with Gasteiger partial charge in [-0.3, -0.25) is 19.6 Å². The Morgan fingerprint density at radius 2 is 2.13 bits per heavy atom. The maximum absolute atomic E-state index is 13.6. The van der Waals surface area contributed by atoms with Crippen LogP contribution in [0.25, 0.3) is 10.9 Å². The third kappa shape index (κ3) is 4.22. The van der Waals surface area contributed by atoms with Gasteiger partial charge in [0.05, 0.1) is 23.0 Å². The second kappa shape index (κ2) is 8.44. The topological polar surface area (TPSA) is 98.4 Å². The monoisotopic (exact) mass is 408 g/mol. The van der Waals surface area contributed by atoms with Crippen LogP contribution in [0, 0.1) is 5.82 Å². The zero-order chi connectivity index (χ0) is 21.1. The number of carbonyl (C=O) groups is 2. The molecule has 2 N–H and O–H groups in total. The summed E-state index contributed by atoms with van der Waals surface area (Å²) in [6, 6.07) is 9.28. The summed E-state index contributed by atoms with van der Waals surface area (Å²) in [5.41, 5.74) is 6.97. The lowest BCUT2D eigenvalue weighted by molar-refractivity contribution is -0.134. The van der Waals surface area contributed by atoms with Crippen LogP contribution >= 0.6 is 0 Å². The van der Waals surface area contributed by atoms with Gasteiger partial charge in [0.2, 0.25) is 0 Å². The lowest BCUT2D eigenvalue weighted by Crippen LogP contribution is -2.42. The molecule has 154 valence electrons. The van der Waals surface area contributed by atoms with Crippen LogP contribution in [-0.2, 0) is 4.79 Å². The van der Waals surface area contributed by atoms with Gasteiger partial charge in [0.25, 0.3) is 11.8 Å². The van der Waals surface area contributed by atoms with E-state index in [4.69, 9.17) is 10.5 Å². The van der Waals surface area contributed by atoms with Crippen LogP contribution in [0.4, 0.5) is 4.39 Å². The average Bonchev–Trinajstić information content (AvgIpc) is 2.77. The maximum atomic E-state index is 13.6. The van der Waals surface area contributed by atoms with Gasteiger partial charge in [0.1, 0.15) is 11.6 Å². The van der Waals surface area contributed by atoms with Crippen molar-refractivity contribution in [1.29, 1.82) is 0 Å². The van der Waals surface area contributed by atoms with Crippen LogP contribution in [0.1, 0.15) is 34.8 Å². The van der Waals surface area contributed by atoms with Gasteiger partial charge in [0.15, 0.2) is 6.61 Å². The number of carbonyl (C=O) groups excluding carboxylic acids is 2. The van der Waals surface area contributed by atoms with E-state index >= 15 is 0 Å². The molecular formula is C22H21FN4O3. The van der Waals surface area contributed by atoms with Gasteiger partial charge in [-0.15, -0.1) is 0 Å². The normalized spacial score (nSPS) is 16.4. The van der Waals surface area contributed by atoms with Crippen molar-refractivity contribution in [1.82, 2.24) is 14.9 Å². The summed E-state index contributed by atoms with van der Waals surface area (Å²) < 4.78 is 19.1. The molecule has 0 spiro atoms. The number of nitrogens with two attached hydrogens (primary N) is 1. The van der Waals surface area contributed by atoms with E-state index in [9.17, 15) is 14.0 Å². The van der Waals surface area contributed by atoms with Crippen molar-refractivity contribution in [2.45, 2.75) is 18.8 Å². The number of ether oxygens (including phenoxy) is 1. The highest BCUT2D eigenvalue weighted by Gasteiger charge is 2.29. The summed E-state index contributed by atoms with van der Waals surface area (Å²) in [7, 11) is 0. The molecule has 0 unspecified atom stereocenters. The Balaban J connectivity index is 1.54. The smallest absolute Gasteiger partial charge is 0.260 e. The molecule has 1 aliphatic heterocycles. The van der Waals surface area contributed by atoms with Crippen LogP contribution in [-0.4, -0.2) is 46.4 Å². The molecule has 7 nitrogen and oxygen atoms in total. The molecule has 0 bridgehead atoms. The Kier molecular flexibility index (Phi) is 5.56. The molecule has 2 aromatic heterocycles. The minimum atomic E-state index is -0.618. The standard InChI is InChI=1S/C22H21FN4O3/c23-16-5-6-19-15(9-16)10-18(22(24)29)21(26-19)14-3-2-8-27(12-14)20(28)13-30-17-4-1-7-25-11-17/h1,4-7,9-11,14H,2-3,8,12-13H2,(H2,24,29)/t14-/m0/s1. The van der Waals surface area contributed by atoms with Gasteiger partial charge in [0, 0.05) is 30.6 Å². The second-order valence-electron chi connectivity index (χ2n) is 7.28. The summed E-state index contributed by atoms with van der Waals surface area (Å²) in [5, 5.41) is 0.515. The fourth-order valence-corrected chi connectivity index (χ4v) is 3.77. The van der Waals surface area contributed by atoms with Gasteiger partial charge < -0.3 is 15.4 Å². The van der Waals surface area contributed by atoms with Gasteiger partial charge >= 0.3 is 0 Å². The highest BCUT2D eigenvalue weighted by molar-refractivity contribution is 5.97. The van der Waals surface area contributed by atoms with Crippen molar-refractivity contribution in [3.8, 4) is 5.75 Å². The van der Waals surface area contributed by atoms with Crippen molar-refractivity contribution in [2.75, 3.05) is 19.7 Å². The van der Waals surface area contributed by atoms with Crippen molar-refractivity contribution in [3.05, 3.63) is 65.9 Å². The lowest BCUT2D eigenvalue weighted by Gasteiger charge is -2.33. The minimum Gasteiger partial charge on any atom is -0.482 e. The minimum absolute atomic E-state index is 0.0918. The number of amides is 2. The van der Waals surface area contributed by atoms with Crippen LogP contribution in [0.2, 0.25) is 0 Å². The molecule has 0 saturated carbocycles. The summed E-state index contributed by atoms with van der Waals surface area (Å²) in [6.07, 6.45) is 4.72. The van der Waals surface area contributed by atoms with Crippen molar-refractivity contribution in [2.24, 2.45) is 5.73 Å². The molecule has 0 radical (unpaired) electrons. The van der Waals surface area contributed by atoms with Gasteiger partial charge in [-0.05, 0) is 49.2 Å². The van der Waals surface area contributed by atoms with Crippen LogP contribution in [0.5, 0.6) is 5.75 Å². The third-order valence-corrected chi connectivity index (χ3v) is 5.23. The number of hydrogen-bond acceptors (Lipinski definition) is 5. The first-order valence-electron chi connectivity index (χ1n) is 9.72. The molecule has 3 heterocycles. The van der Waals surface area contributed by atoms with Crippen molar-refractivity contribution in [3.63, 3.8) is 0 Å². The van der Waals surface area contributed by atoms with Crippen LogP contribution < -0.4 is 10.5 Å². The summed E-state index contributed by atoms with van der Waals surface area (Å²) in [4.78, 5) is 35.0. The second-order valence-corrected chi connectivity index (χ2v) is 7.28. The van der Waals surface area contributed by atoms with Gasteiger partial charge in [-0.1, -0.05) is 0 Å². The van der Waals surface area contributed by atoms with Crippen molar-refractivity contribution < 1.29 is 18.7 Å². The SMILES string of the molecule is NC(=O)c1cc2cc(F)ccc2nc1[C@H]1CCCN(C(=O)COc2cccnc2)C1. The number of pyridine rings is 2. The molecule has 3 aromatic rings. The molecule has 2 amide bonds.